The molecule has 116 valence electrons. The van der Waals surface area contributed by atoms with Crippen molar-refractivity contribution < 1.29 is 18.9 Å². The molecule has 2 aliphatic rings. The highest BCUT2D eigenvalue weighted by Gasteiger charge is 2.60. The van der Waals surface area contributed by atoms with Gasteiger partial charge in [-0.1, -0.05) is 11.6 Å². The van der Waals surface area contributed by atoms with Crippen LogP contribution in [-0.2, 0) is 18.9 Å². The maximum Gasteiger partial charge on any atom is 0.0996 e. The van der Waals surface area contributed by atoms with Crippen LogP contribution in [0.2, 0.25) is 0 Å². The third-order valence-electron chi connectivity index (χ3n) is 4.63. The molecule has 0 aromatic rings. The summed E-state index contributed by atoms with van der Waals surface area (Å²) >= 11 is 0. The average molecular weight is 284 g/mol. The van der Waals surface area contributed by atoms with Gasteiger partial charge in [-0.15, -0.1) is 0 Å². The fourth-order valence-corrected chi connectivity index (χ4v) is 3.39. The molecule has 1 saturated heterocycles. The van der Waals surface area contributed by atoms with Crippen LogP contribution in [0.1, 0.15) is 33.6 Å². The molecule has 0 bridgehead atoms. The van der Waals surface area contributed by atoms with Crippen molar-refractivity contribution in [1.82, 2.24) is 0 Å². The quantitative estimate of drug-likeness (QED) is 0.555. The SMILES string of the molecule is COC1CC[C@]2(CO2)C([C@H](C)OCC=C(C)C)C1OC. The summed E-state index contributed by atoms with van der Waals surface area (Å²) in [6.45, 7) is 7.75. The Morgan fingerprint density at radius 3 is 2.55 bits per heavy atom. The number of ether oxygens (including phenoxy) is 4. The van der Waals surface area contributed by atoms with Crippen molar-refractivity contribution in [2.45, 2.75) is 57.5 Å². The predicted octanol–water partition coefficient (Wildman–Crippen LogP) is 2.57. The Hall–Kier alpha value is -0.420. The van der Waals surface area contributed by atoms with Crippen LogP contribution in [0.5, 0.6) is 0 Å². The molecular weight excluding hydrogens is 256 g/mol. The van der Waals surface area contributed by atoms with E-state index in [1.54, 1.807) is 14.2 Å². The number of rotatable bonds is 6. The number of methoxy groups -OCH3 is 2. The van der Waals surface area contributed by atoms with Gasteiger partial charge in [0.2, 0.25) is 0 Å². The van der Waals surface area contributed by atoms with Gasteiger partial charge in [0.1, 0.15) is 0 Å². The third kappa shape index (κ3) is 3.25. The minimum Gasteiger partial charge on any atom is -0.379 e. The predicted molar refractivity (Wildman–Crippen MR) is 77.8 cm³/mol. The Morgan fingerprint density at radius 2 is 2.05 bits per heavy atom. The zero-order chi connectivity index (χ0) is 14.8. The molecule has 20 heavy (non-hydrogen) atoms. The topological polar surface area (TPSA) is 40.2 Å². The van der Waals surface area contributed by atoms with E-state index in [0.717, 1.165) is 19.4 Å². The smallest absolute Gasteiger partial charge is 0.0996 e. The lowest BCUT2D eigenvalue weighted by molar-refractivity contribution is -0.145. The van der Waals surface area contributed by atoms with Crippen LogP contribution in [0.4, 0.5) is 0 Å². The summed E-state index contributed by atoms with van der Waals surface area (Å²) in [5, 5.41) is 0. The van der Waals surface area contributed by atoms with Gasteiger partial charge in [0.25, 0.3) is 0 Å². The first-order valence-electron chi connectivity index (χ1n) is 7.48. The van der Waals surface area contributed by atoms with E-state index in [1.165, 1.54) is 5.57 Å². The van der Waals surface area contributed by atoms with E-state index in [2.05, 4.69) is 26.8 Å². The van der Waals surface area contributed by atoms with E-state index >= 15 is 0 Å². The normalized spacial score (nSPS) is 37.8. The van der Waals surface area contributed by atoms with Gasteiger partial charge < -0.3 is 18.9 Å². The van der Waals surface area contributed by atoms with Gasteiger partial charge in [0, 0.05) is 20.1 Å². The molecule has 4 nitrogen and oxygen atoms in total. The van der Waals surface area contributed by atoms with Gasteiger partial charge in [0.05, 0.1) is 37.1 Å². The van der Waals surface area contributed by atoms with Gasteiger partial charge in [0.15, 0.2) is 0 Å². The Kier molecular flexibility index (Phi) is 5.24. The van der Waals surface area contributed by atoms with Crippen LogP contribution in [-0.4, -0.2) is 51.3 Å². The summed E-state index contributed by atoms with van der Waals surface area (Å²) in [6, 6.07) is 0. The molecule has 0 aromatic heterocycles. The van der Waals surface area contributed by atoms with E-state index in [-0.39, 0.29) is 29.8 Å². The minimum absolute atomic E-state index is 0.0398. The van der Waals surface area contributed by atoms with Crippen LogP contribution >= 0.6 is 0 Å². The third-order valence-corrected chi connectivity index (χ3v) is 4.63. The van der Waals surface area contributed by atoms with Crippen LogP contribution in [0, 0.1) is 5.92 Å². The fraction of sp³-hybridized carbons (Fsp3) is 0.875. The molecule has 1 saturated carbocycles. The van der Waals surface area contributed by atoms with Crippen molar-refractivity contribution >= 4 is 0 Å². The molecule has 3 unspecified atom stereocenters. The molecule has 1 aliphatic carbocycles. The first-order chi connectivity index (χ1) is 9.54. The highest BCUT2D eigenvalue weighted by atomic mass is 16.6. The van der Waals surface area contributed by atoms with Crippen LogP contribution in [0.25, 0.3) is 0 Å². The highest BCUT2D eigenvalue weighted by Crippen LogP contribution is 2.49. The van der Waals surface area contributed by atoms with Gasteiger partial charge in [-0.05, 0) is 33.6 Å². The summed E-state index contributed by atoms with van der Waals surface area (Å²) in [6.07, 6.45) is 4.40. The summed E-state index contributed by atoms with van der Waals surface area (Å²) in [4.78, 5) is 0. The Labute approximate surface area is 122 Å². The molecule has 0 aromatic carbocycles. The van der Waals surface area contributed by atoms with E-state index < -0.39 is 0 Å². The molecule has 0 amide bonds. The minimum atomic E-state index is -0.0416. The number of allylic oxidation sites excluding steroid dienone is 1. The molecule has 5 atom stereocenters. The highest BCUT2D eigenvalue weighted by molar-refractivity contribution is 5.09. The van der Waals surface area contributed by atoms with Crippen molar-refractivity contribution in [2.24, 2.45) is 5.92 Å². The molecule has 1 spiro atoms. The van der Waals surface area contributed by atoms with Crippen molar-refractivity contribution in [3.05, 3.63) is 11.6 Å². The first kappa shape index (κ1) is 16.0. The molecule has 0 radical (unpaired) electrons. The van der Waals surface area contributed by atoms with Crippen LogP contribution < -0.4 is 0 Å². The second-order valence-electron chi connectivity index (χ2n) is 6.21. The van der Waals surface area contributed by atoms with E-state index in [4.69, 9.17) is 18.9 Å². The van der Waals surface area contributed by atoms with Crippen LogP contribution in [0.15, 0.2) is 11.6 Å². The van der Waals surface area contributed by atoms with Gasteiger partial charge in [-0.3, -0.25) is 0 Å². The first-order valence-corrected chi connectivity index (χ1v) is 7.48. The zero-order valence-electron chi connectivity index (χ0n) is 13.3. The molecule has 1 heterocycles. The van der Waals surface area contributed by atoms with Crippen LogP contribution in [0.3, 0.4) is 0 Å². The van der Waals surface area contributed by atoms with Crippen molar-refractivity contribution in [1.29, 1.82) is 0 Å². The van der Waals surface area contributed by atoms with Crippen molar-refractivity contribution in [2.75, 3.05) is 27.4 Å². The molecule has 0 N–H and O–H groups in total. The Bertz CT molecular complexity index is 344. The molecule has 1 aliphatic heterocycles. The lowest BCUT2D eigenvalue weighted by atomic mass is 9.73. The average Bonchev–Trinajstić information content (AvgIpc) is 3.17. The van der Waals surface area contributed by atoms with E-state index in [1.807, 2.05) is 0 Å². The maximum atomic E-state index is 6.00. The summed E-state index contributed by atoms with van der Waals surface area (Å²) in [5.74, 6) is 0.233. The number of epoxide rings is 1. The monoisotopic (exact) mass is 284 g/mol. The van der Waals surface area contributed by atoms with E-state index in [0.29, 0.717) is 6.61 Å². The van der Waals surface area contributed by atoms with E-state index in [9.17, 15) is 0 Å². The second kappa shape index (κ2) is 6.56. The Balaban J connectivity index is 2.05. The number of hydrogen-bond donors (Lipinski definition) is 0. The molecular formula is C16H28O4. The zero-order valence-corrected chi connectivity index (χ0v) is 13.3. The Morgan fingerprint density at radius 1 is 1.35 bits per heavy atom. The largest absolute Gasteiger partial charge is 0.379 e. The lowest BCUT2D eigenvalue weighted by Gasteiger charge is -2.42. The fourth-order valence-electron chi connectivity index (χ4n) is 3.39. The van der Waals surface area contributed by atoms with Gasteiger partial charge in [-0.2, -0.15) is 0 Å². The molecule has 2 rings (SSSR count). The summed E-state index contributed by atoms with van der Waals surface area (Å²) in [7, 11) is 3.52. The second-order valence-corrected chi connectivity index (χ2v) is 6.21. The molecule has 4 heteroatoms. The summed E-state index contributed by atoms with van der Waals surface area (Å²) < 4.78 is 23.1. The molecule has 2 fully saturated rings. The van der Waals surface area contributed by atoms with Crippen molar-refractivity contribution in [3.63, 3.8) is 0 Å². The van der Waals surface area contributed by atoms with Gasteiger partial charge in [-0.25, -0.2) is 0 Å². The number of hydrogen-bond acceptors (Lipinski definition) is 4. The standard InChI is InChI=1S/C16H28O4/c1-11(2)7-9-19-12(3)14-15(18-5)13(17-4)6-8-16(14)10-20-16/h7,12-15H,6,8-10H2,1-5H3/t12-,13?,14?,15?,16-/m0/s1. The van der Waals surface area contributed by atoms with Crippen molar-refractivity contribution in [3.8, 4) is 0 Å². The maximum absolute atomic E-state index is 6.00. The summed E-state index contributed by atoms with van der Waals surface area (Å²) in [5.41, 5.74) is 1.23. The lowest BCUT2D eigenvalue weighted by Crippen LogP contribution is -2.53. The van der Waals surface area contributed by atoms with Gasteiger partial charge >= 0.3 is 0 Å².